The van der Waals surface area contributed by atoms with E-state index >= 15 is 0 Å². The molecule has 94 valence electrons. The van der Waals surface area contributed by atoms with Crippen molar-refractivity contribution in [2.24, 2.45) is 7.05 Å². The number of hydrogen-bond acceptors (Lipinski definition) is 4. The van der Waals surface area contributed by atoms with Gasteiger partial charge in [-0.25, -0.2) is 4.79 Å². The molecule has 0 bridgehead atoms. The quantitative estimate of drug-likeness (QED) is 0.673. The molecular formula is C9H11BrClN3O3. The van der Waals surface area contributed by atoms with Crippen LogP contribution in [0.4, 0.5) is 5.82 Å². The molecule has 17 heavy (non-hydrogen) atoms. The Kier molecular flexibility index (Phi) is 4.95. The summed E-state index contributed by atoms with van der Waals surface area (Å²) in [6.45, 7) is 1.95. The molecule has 1 N–H and O–H groups in total. The maximum absolute atomic E-state index is 11.5. The molecule has 0 aliphatic rings. The molecule has 0 fully saturated rings. The molecule has 1 amide bonds. The number of carbonyl (C=O) groups excluding carboxylic acids is 2. The first-order valence-corrected chi connectivity index (χ1v) is 6.09. The summed E-state index contributed by atoms with van der Waals surface area (Å²) in [7, 11) is 1.59. The van der Waals surface area contributed by atoms with Crippen molar-refractivity contribution in [2.75, 3.05) is 17.8 Å². The highest BCUT2D eigenvalue weighted by molar-refractivity contribution is 9.10. The highest BCUT2D eigenvalue weighted by Gasteiger charge is 2.21. The zero-order valence-electron chi connectivity index (χ0n) is 9.29. The summed E-state index contributed by atoms with van der Waals surface area (Å²) < 4.78 is 6.56. The Labute approximate surface area is 111 Å². The van der Waals surface area contributed by atoms with Crippen molar-refractivity contribution in [2.45, 2.75) is 6.92 Å². The van der Waals surface area contributed by atoms with Gasteiger partial charge < -0.3 is 10.1 Å². The normalized spacial score (nSPS) is 10.1. The van der Waals surface area contributed by atoms with Crippen LogP contribution in [-0.2, 0) is 16.6 Å². The van der Waals surface area contributed by atoms with E-state index in [4.69, 9.17) is 16.3 Å². The van der Waals surface area contributed by atoms with Crippen molar-refractivity contribution in [1.29, 1.82) is 0 Å². The van der Waals surface area contributed by atoms with Crippen LogP contribution < -0.4 is 5.32 Å². The Hall–Kier alpha value is -1.08. The fraction of sp³-hybridized carbons (Fsp3) is 0.444. The predicted molar refractivity (Wildman–Crippen MR) is 66.2 cm³/mol. The van der Waals surface area contributed by atoms with Gasteiger partial charge in [0, 0.05) is 7.05 Å². The molecule has 0 aliphatic carbocycles. The van der Waals surface area contributed by atoms with Crippen LogP contribution in [0.1, 0.15) is 17.4 Å². The van der Waals surface area contributed by atoms with Gasteiger partial charge in [-0.3, -0.25) is 9.48 Å². The number of halogens is 2. The minimum absolute atomic E-state index is 0.110. The zero-order valence-corrected chi connectivity index (χ0v) is 11.6. The summed E-state index contributed by atoms with van der Waals surface area (Å²) in [5.41, 5.74) is 0.110. The Morgan fingerprint density at radius 3 is 2.76 bits per heavy atom. The topological polar surface area (TPSA) is 73.2 Å². The van der Waals surface area contributed by atoms with E-state index in [1.165, 1.54) is 4.68 Å². The van der Waals surface area contributed by atoms with Crippen molar-refractivity contribution in [3.63, 3.8) is 0 Å². The minimum atomic E-state index is -0.554. The SMILES string of the molecule is CCOC(=O)c1nn(C)c(NC(=O)CCl)c1Br. The summed E-state index contributed by atoms with van der Waals surface area (Å²) in [5.74, 6) is -0.752. The third-order valence-electron chi connectivity index (χ3n) is 1.84. The van der Waals surface area contributed by atoms with Gasteiger partial charge in [0.2, 0.25) is 5.91 Å². The van der Waals surface area contributed by atoms with Gasteiger partial charge in [-0.2, -0.15) is 5.10 Å². The number of nitrogens with one attached hydrogen (secondary N) is 1. The predicted octanol–water partition coefficient (Wildman–Crippen LogP) is 1.54. The second kappa shape index (κ2) is 6.02. The fourth-order valence-corrected chi connectivity index (χ4v) is 1.79. The van der Waals surface area contributed by atoms with Crippen LogP contribution in [0.3, 0.4) is 0 Å². The number of alkyl halides is 1. The van der Waals surface area contributed by atoms with Crippen LogP contribution in [0.5, 0.6) is 0 Å². The van der Waals surface area contributed by atoms with E-state index in [9.17, 15) is 9.59 Å². The number of hydrogen-bond donors (Lipinski definition) is 1. The number of carbonyl (C=O) groups is 2. The summed E-state index contributed by atoms with van der Waals surface area (Å²) in [6.07, 6.45) is 0. The highest BCUT2D eigenvalue weighted by Crippen LogP contribution is 2.26. The van der Waals surface area contributed by atoms with E-state index in [0.717, 1.165) is 0 Å². The largest absolute Gasteiger partial charge is 0.461 e. The maximum Gasteiger partial charge on any atom is 0.360 e. The fourth-order valence-electron chi connectivity index (χ4n) is 1.13. The van der Waals surface area contributed by atoms with E-state index in [2.05, 4.69) is 26.3 Å². The van der Waals surface area contributed by atoms with Crippen LogP contribution >= 0.6 is 27.5 Å². The van der Waals surface area contributed by atoms with Gasteiger partial charge in [0.15, 0.2) is 5.69 Å². The summed E-state index contributed by atoms with van der Waals surface area (Å²) in [5, 5.41) is 6.47. The highest BCUT2D eigenvalue weighted by atomic mass is 79.9. The van der Waals surface area contributed by atoms with Crippen molar-refractivity contribution in [3.05, 3.63) is 10.2 Å². The number of esters is 1. The molecule has 1 rings (SSSR count). The van der Waals surface area contributed by atoms with E-state index in [1.807, 2.05) is 0 Å². The molecule has 1 aromatic heterocycles. The van der Waals surface area contributed by atoms with Crippen molar-refractivity contribution < 1.29 is 14.3 Å². The molecule has 0 aliphatic heterocycles. The number of ether oxygens (including phenoxy) is 1. The average molecular weight is 325 g/mol. The lowest BCUT2D eigenvalue weighted by Gasteiger charge is -2.03. The van der Waals surface area contributed by atoms with Gasteiger partial charge in [-0.15, -0.1) is 11.6 Å². The summed E-state index contributed by atoms with van der Waals surface area (Å²) in [4.78, 5) is 22.7. The van der Waals surface area contributed by atoms with Crippen LogP contribution in [0.15, 0.2) is 4.47 Å². The second-order valence-electron chi connectivity index (χ2n) is 3.04. The minimum Gasteiger partial charge on any atom is -0.461 e. The lowest BCUT2D eigenvalue weighted by atomic mass is 10.4. The smallest absolute Gasteiger partial charge is 0.360 e. The van der Waals surface area contributed by atoms with Crippen LogP contribution in [-0.4, -0.2) is 34.1 Å². The lowest BCUT2D eigenvalue weighted by molar-refractivity contribution is -0.114. The van der Waals surface area contributed by atoms with Gasteiger partial charge in [-0.1, -0.05) is 0 Å². The number of nitrogens with zero attached hydrogens (tertiary/aromatic N) is 2. The van der Waals surface area contributed by atoms with E-state index in [1.54, 1.807) is 14.0 Å². The Morgan fingerprint density at radius 2 is 2.24 bits per heavy atom. The van der Waals surface area contributed by atoms with Crippen LogP contribution in [0, 0.1) is 0 Å². The number of rotatable bonds is 4. The standard InChI is InChI=1S/C9H11BrClN3O3/c1-3-17-9(16)7-6(10)8(14(2)13-7)12-5(15)4-11/h3-4H2,1-2H3,(H,12,15). The first-order chi connectivity index (χ1) is 8.01. The van der Waals surface area contributed by atoms with Gasteiger partial charge in [0.1, 0.15) is 11.7 Å². The Bertz CT molecular complexity index is 447. The summed E-state index contributed by atoms with van der Waals surface area (Å²) in [6, 6.07) is 0. The maximum atomic E-state index is 11.5. The van der Waals surface area contributed by atoms with Gasteiger partial charge in [0.25, 0.3) is 0 Å². The number of anilines is 1. The molecule has 0 unspecified atom stereocenters. The molecule has 8 heteroatoms. The molecule has 6 nitrogen and oxygen atoms in total. The molecule has 0 saturated heterocycles. The van der Waals surface area contributed by atoms with Gasteiger partial charge in [0.05, 0.1) is 11.1 Å². The van der Waals surface area contributed by atoms with Crippen LogP contribution in [0.2, 0.25) is 0 Å². The molecule has 1 heterocycles. The molecule has 0 atom stereocenters. The number of aryl methyl sites for hydroxylation is 1. The molecule has 1 aromatic rings. The second-order valence-corrected chi connectivity index (χ2v) is 4.10. The first-order valence-electron chi connectivity index (χ1n) is 4.76. The van der Waals surface area contributed by atoms with Crippen molar-refractivity contribution >= 4 is 45.2 Å². The van der Waals surface area contributed by atoms with E-state index < -0.39 is 5.97 Å². The van der Waals surface area contributed by atoms with E-state index in [-0.39, 0.29) is 24.1 Å². The molecular weight excluding hydrogens is 313 g/mol. The van der Waals surface area contributed by atoms with E-state index in [0.29, 0.717) is 10.3 Å². The Morgan fingerprint density at radius 1 is 1.59 bits per heavy atom. The number of aromatic nitrogens is 2. The molecule has 0 aromatic carbocycles. The van der Waals surface area contributed by atoms with Crippen molar-refractivity contribution in [3.8, 4) is 0 Å². The average Bonchev–Trinajstić information content (AvgIpc) is 2.57. The number of amides is 1. The Balaban J connectivity index is 3.01. The van der Waals surface area contributed by atoms with Gasteiger partial charge in [-0.05, 0) is 22.9 Å². The molecule has 0 spiro atoms. The third kappa shape index (κ3) is 3.19. The first kappa shape index (κ1) is 14.0. The summed E-state index contributed by atoms with van der Waals surface area (Å²) >= 11 is 8.57. The molecule has 0 saturated carbocycles. The molecule has 0 radical (unpaired) electrons. The van der Waals surface area contributed by atoms with Crippen molar-refractivity contribution in [1.82, 2.24) is 9.78 Å². The zero-order chi connectivity index (χ0) is 13.0. The van der Waals surface area contributed by atoms with Crippen LogP contribution in [0.25, 0.3) is 0 Å². The van der Waals surface area contributed by atoms with Gasteiger partial charge >= 0.3 is 5.97 Å². The third-order valence-corrected chi connectivity index (χ3v) is 2.83. The monoisotopic (exact) mass is 323 g/mol. The lowest BCUT2D eigenvalue weighted by Crippen LogP contribution is -2.15.